The number of methoxy groups -OCH3 is 1. The van der Waals surface area contributed by atoms with Gasteiger partial charge < -0.3 is 19.3 Å². The molecule has 6 nitrogen and oxygen atoms in total. The van der Waals surface area contributed by atoms with Crippen LogP contribution in [0.4, 0.5) is 0 Å². The third-order valence-corrected chi connectivity index (χ3v) is 4.05. The van der Waals surface area contributed by atoms with Crippen LogP contribution >= 0.6 is 0 Å². The van der Waals surface area contributed by atoms with Crippen molar-refractivity contribution in [2.75, 3.05) is 20.3 Å². The number of hydrogen-bond acceptors (Lipinski definition) is 5. The van der Waals surface area contributed by atoms with Gasteiger partial charge in [0.25, 0.3) is 5.91 Å². The number of rotatable bonds is 4. The largest absolute Gasteiger partial charge is 0.384 e. The number of hydrogen-bond donors (Lipinski definition) is 1. The molecular formula is C13H18N2O4. The normalized spacial score (nSPS) is 32.7. The third kappa shape index (κ3) is 2.15. The maximum Gasteiger partial charge on any atom is 0.273 e. The second-order valence-corrected chi connectivity index (χ2v) is 5.23. The van der Waals surface area contributed by atoms with E-state index in [-0.39, 0.29) is 24.0 Å². The van der Waals surface area contributed by atoms with Crippen molar-refractivity contribution < 1.29 is 18.8 Å². The average Bonchev–Trinajstić information content (AvgIpc) is 3.00. The Bertz CT molecular complexity index is 473. The molecule has 0 spiro atoms. The maximum atomic E-state index is 12.1. The number of carbonyl (C=O) groups is 1. The first-order valence-electron chi connectivity index (χ1n) is 6.55. The second-order valence-electron chi connectivity index (χ2n) is 5.23. The lowest BCUT2D eigenvalue weighted by Crippen LogP contribution is -2.62. The molecule has 1 amide bonds. The number of amides is 1. The van der Waals surface area contributed by atoms with Crippen molar-refractivity contribution in [2.24, 2.45) is 11.8 Å². The summed E-state index contributed by atoms with van der Waals surface area (Å²) < 4.78 is 15.8. The van der Waals surface area contributed by atoms with Crippen molar-refractivity contribution in [1.29, 1.82) is 0 Å². The number of carbonyl (C=O) groups excluding carboxylic acids is 1. The van der Waals surface area contributed by atoms with E-state index in [1.165, 1.54) is 0 Å². The molecule has 2 aliphatic rings. The Balaban J connectivity index is 1.66. The molecule has 0 bridgehead atoms. The first-order valence-corrected chi connectivity index (χ1v) is 6.55. The predicted molar refractivity (Wildman–Crippen MR) is 65.7 cm³/mol. The molecule has 1 aliphatic carbocycles. The molecular weight excluding hydrogens is 248 g/mol. The highest BCUT2D eigenvalue weighted by atomic mass is 16.5. The monoisotopic (exact) mass is 266 g/mol. The zero-order valence-corrected chi connectivity index (χ0v) is 11.1. The zero-order valence-electron chi connectivity index (χ0n) is 11.1. The van der Waals surface area contributed by atoms with Gasteiger partial charge in [0.15, 0.2) is 5.69 Å². The molecule has 1 aromatic heterocycles. The summed E-state index contributed by atoms with van der Waals surface area (Å²) in [7, 11) is 1.67. The summed E-state index contributed by atoms with van der Waals surface area (Å²) in [5.74, 6) is 1.08. The number of nitrogens with zero attached hydrogens (tertiary/aromatic N) is 1. The van der Waals surface area contributed by atoms with Crippen LogP contribution in [-0.2, 0) is 9.47 Å². The summed E-state index contributed by atoms with van der Waals surface area (Å²) in [5.41, 5.74) is 0.330. The van der Waals surface area contributed by atoms with Crippen molar-refractivity contribution in [3.05, 3.63) is 17.5 Å². The quantitative estimate of drug-likeness (QED) is 0.871. The molecule has 1 saturated carbocycles. The highest BCUT2D eigenvalue weighted by Crippen LogP contribution is 2.43. The summed E-state index contributed by atoms with van der Waals surface area (Å²) in [5, 5.41) is 6.77. The van der Waals surface area contributed by atoms with E-state index in [9.17, 15) is 4.79 Å². The average molecular weight is 266 g/mol. The second kappa shape index (κ2) is 4.94. The van der Waals surface area contributed by atoms with Crippen molar-refractivity contribution in [1.82, 2.24) is 10.5 Å². The van der Waals surface area contributed by atoms with Crippen LogP contribution in [0.15, 0.2) is 10.6 Å². The molecule has 1 saturated heterocycles. The summed E-state index contributed by atoms with van der Waals surface area (Å²) in [6.45, 7) is 3.14. The molecule has 3 rings (SSSR count). The lowest BCUT2D eigenvalue weighted by molar-refractivity contribution is -0.0810. The van der Waals surface area contributed by atoms with E-state index in [4.69, 9.17) is 14.0 Å². The van der Waals surface area contributed by atoms with Gasteiger partial charge in [-0.3, -0.25) is 4.79 Å². The van der Waals surface area contributed by atoms with Gasteiger partial charge in [-0.25, -0.2) is 0 Å². The number of nitrogens with one attached hydrogen (secondary N) is 1. The van der Waals surface area contributed by atoms with E-state index in [1.54, 1.807) is 20.1 Å². The van der Waals surface area contributed by atoms with Crippen LogP contribution in [0.3, 0.4) is 0 Å². The zero-order chi connectivity index (χ0) is 13.4. The summed E-state index contributed by atoms with van der Waals surface area (Å²) in [4.78, 5) is 12.1. The molecule has 0 unspecified atom stereocenters. The minimum absolute atomic E-state index is 0.108. The number of aromatic nitrogens is 1. The predicted octanol–water partition coefficient (Wildman–Crippen LogP) is 0.763. The van der Waals surface area contributed by atoms with E-state index in [0.717, 1.165) is 13.0 Å². The SMILES string of the molecule is COC[C@@H]1[C@H](NC(=O)c2cc(C)on2)[C@@H]2CCO[C@H]12. The molecule has 0 radical (unpaired) electrons. The van der Waals surface area contributed by atoms with Gasteiger partial charge in [-0.05, 0) is 13.3 Å². The van der Waals surface area contributed by atoms with E-state index in [2.05, 4.69) is 10.5 Å². The summed E-state index contributed by atoms with van der Waals surface area (Å²) in [6.07, 6.45) is 1.22. The van der Waals surface area contributed by atoms with Crippen molar-refractivity contribution in [3.63, 3.8) is 0 Å². The molecule has 1 N–H and O–H groups in total. The van der Waals surface area contributed by atoms with Crippen LogP contribution in [-0.4, -0.2) is 43.5 Å². The Morgan fingerprint density at radius 3 is 3.16 bits per heavy atom. The Hall–Kier alpha value is -1.40. The number of aryl methyl sites for hydroxylation is 1. The fourth-order valence-electron chi connectivity index (χ4n) is 3.13. The first kappa shape index (κ1) is 12.6. The standard InChI is InChI=1S/C13H18N2O4/c1-7-5-10(15-19-7)13(16)14-11-8-3-4-18-12(8)9(11)6-17-2/h5,8-9,11-12H,3-4,6H2,1-2H3,(H,14,16)/t8-,9+,11+,12-/m0/s1. The van der Waals surface area contributed by atoms with Crippen LogP contribution in [0.25, 0.3) is 0 Å². The van der Waals surface area contributed by atoms with Gasteiger partial charge in [-0.15, -0.1) is 0 Å². The molecule has 2 heterocycles. The van der Waals surface area contributed by atoms with Gasteiger partial charge in [-0.2, -0.15) is 0 Å². The Kier molecular flexibility index (Phi) is 3.28. The van der Waals surface area contributed by atoms with E-state index >= 15 is 0 Å². The van der Waals surface area contributed by atoms with Gasteiger partial charge in [0.1, 0.15) is 5.76 Å². The minimum Gasteiger partial charge on any atom is -0.384 e. The van der Waals surface area contributed by atoms with Crippen LogP contribution in [0.1, 0.15) is 22.7 Å². The molecule has 4 atom stereocenters. The highest BCUT2D eigenvalue weighted by molar-refractivity contribution is 5.92. The Morgan fingerprint density at radius 2 is 2.47 bits per heavy atom. The van der Waals surface area contributed by atoms with E-state index < -0.39 is 0 Å². The fraction of sp³-hybridized carbons (Fsp3) is 0.692. The summed E-state index contributed by atoms with van der Waals surface area (Å²) in [6, 6.07) is 1.75. The van der Waals surface area contributed by atoms with Crippen molar-refractivity contribution in [2.45, 2.75) is 25.5 Å². The lowest BCUT2D eigenvalue weighted by atomic mass is 9.67. The highest BCUT2D eigenvalue weighted by Gasteiger charge is 2.54. The van der Waals surface area contributed by atoms with E-state index in [1.807, 2.05) is 0 Å². The summed E-state index contributed by atoms with van der Waals surface area (Å²) >= 11 is 0. The van der Waals surface area contributed by atoms with Gasteiger partial charge in [0.05, 0.1) is 12.7 Å². The van der Waals surface area contributed by atoms with Crippen LogP contribution in [0, 0.1) is 18.8 Å². The van der Waals surface area contributed by atoms with E-state index in [0.29, 0.717) is 24.0 Å². The molecule has 6 heteroatoms. The minimum atomic E-state index is -0.187. The van der Waals surface area contributed by atoms with Crippen LogP contribution in [0.5, 0.6) is 0 Å². The van der Waals surface area contributed by atoms with Gasteiger partial charge >= 0.3 is 0 Å². The van der Waals surface area contributed by atoms with Crippen molar-refractivity contribution >= 4 is 5.91 Å². The molecule has 104 valence electrons. The molecule has 19 heavy (non-hydrogen) atoms. The van der Waals surface area contributed by atoms with Crippen LogP contribution in [0.2, 0.25) is 0 Å². The topological polar surface area (TPSA) is 73.6 Å². The molecule has 1 aromatic rings. The van der Waals surface area contributed by atoms with Crippen LogP contribution < -0.4 is 5.32 Å². The first-order chi connectivity index (χ1) is 9.20. The molecule has 0 aromatic carbocycles. The molecule has 1 aliphatic heterocycles. The van der Waals surface area contributed by atoms with Gasteiger partial charge in [-0.1, -0.05) is 5.16 Å². The maximum absolute atomic E-state index is 12.1. The smallest absolute Gasteiger partial charge is 0.273 e. The van der Waals surface area contributed by atoms with Crippen molar-refractivity contribution in [3.8, 4) is 0 Å². The van der Waals surface area contributed by atoms with Gasteiger partial charge in [0.2, 0.25) is 0 Å². The number of ether oxygens (including phenoxy) is 2. The Labute approximate surface area is 111 Å². The lowest BCUT2D eigenvalue weighted by Gasteiger charge is -2.47. The number of fused-ring (bicyclic) bond motifs is 1. The Morgan fingerprint density at radius 1 is 1.63 bits per heavy atom. The fourth-order valence-corrected chi connectivity index (χ4v) is 3.13. The molecule has 2 fully saturated rings. The third-order valence-electron chi connectivity index (χ3n) is 4.05. The van der Waals surface area contributed by atoms with Gasteiger partial charge in [0, 0.05) is 37.7 Å².